The Morgan fingerprint density at radius 2 is 1.34 bits per heavy atom. The third-order valence-electron chi connectivity index (χ3n) is 12.2. The first-order chi connectivity index (χ1) is 25.5. The average molecular weight is 757 g/mol. The van der Waals surface area contributed by atoms with E-state index in [0.717, 1.165) is 97.1 Å². The van der Waals surface area contributed by atoms with Crippen LogP contribution >= 0.6 is 0 Å². The Morgan fingerprint density at radius 1 is 0.736 bits per heavy atom. The van der Waals surface area contributed by atoms with Crippen molar-refractivity contribution in [3.8, 4) is 0 Å². The number of rotatable bonds is 13. The molecule has 12 nitrogen and oxygen atoms in total. The summed E-state index contributed by atoms with van der Waals surface area (Å²) in [6.45, 7) is 0. The minimum Gasteiger partial charge on any atom is -0.356 e. The van der Waals surface area contributed by atoms with Crippen LogP contribution in [0.15, 0.2) is 67.5 Å². The molecule has 0 radical (unpaired) electrons. The van der Waals surface area contributed by atoms with Gasteiger partial charge >= 0.3 is 0 Å². The number of anilines is 2. The molecule has 8 rings (SSSR count). The average Bonchev–Trinajstić information content (AvgIpc) is 3.50. The Labute approximate surface area is 313 Å². The van der Waals surface area contributed by atoms with E-state index >= 15 is 0 Å². The van der Waals surface area contributed by atoms with Crippen molar-refractivity contribution in [2.45, 2.75) is 81.7 Å². The van der Waals surface area contributed by atoms with Crippen LogP contribution in [0.2, 0.25) is 0 Å². The molecule has 3 aliphatic carbocycles. The van der Waals surface area contributed by atoms with Crippen LogP contribution in [0.5, 0.6) is 0 Å². The summed E-state index contributed by atoms with van der Waals surface area (Å²) in [4.78, 5) is 26.0. The number of hydrogen-bond donors (Lipinski definition) is 3. The van der Waals surface area contributed by atoms with Crippen molar-refractivity contribution in [1.29, 1.82) is 9.56 Å². The summed E-state index contributed by atoms with van der Waals surface area (Å²) >= 11 is 0. The lowest BCUT2D eigenvalue weighted by Crippen LogP contribution is -2.37. The maximum Gasteiger partial charge on any atom is 0.145 e. The SMILES string of the molecule is CN(c1ncnc2[nH]ccc12)[C@H]1CC[C@@H](CS(=N)(=O)CC2CC2n2ccc3c(N(C)[C@H]4CC[C@@H](C[S@@](=N)(=O)Cc5ccccc5)CC4)ncnc32)CC1. The number of aromatic nitrogens is 6. The highest BCUT2D eigenvalue weighted by molar-refractivity contribution is 7.92. The van der Waals surface area contributed by atoms with Gasteiger partial charge in [0.05, 0.1) is 16.5 Å². The van der Waals surface area contributed by atoms with Gasteiger partial charge in [0.1, 0.15) is 35.6 Å². The van der Waals surface area contributed by atoms with E-state index in [2.05, 4.69) is 55.7 Å². The fourth-order valence-corrected chi connectivity index (χ4v) is 13.4. The van der Waals surface area contributed by atoms with E-state index in [0.29, 0.717) is 46.9 Å². The number of nitrogens with one attached hydrogen (secondary N) is 3. The van der Waals surface area contributed by atoms with Crippen LogP contribution in [-0.4, -0.2) is 81.3 Å². The smallest absolute Gasteiger partial charge is 0.145 e. The second-order valence-corrected chi connectivity index (χ2v) is 20.5. The van der Waals surface area contributed by atoms with Crippen molar-refractivity contribution < 1.29 is 8.42 Å². The van der Waals surface area contributed by atoms with Crippen LogP contribution < -0.4 is 9.80 Å². The molecule has 0 amide bonds. The Kier molecular flexibility index (Phi) is 9.94. The van der Waals surface area contributed by atoms with Crippen LogP contribution in [0.25, 0.3) is 22.1 Å². The predicted octanol–water partition coefficient (Wildman–Crippen LogP) is 7.25. The number of nitrogens with zero attached hydrogens (tertiary/aromatic N) is 7. The third kappa shape index (κ3) is 7.94. The topological polar surface area (TPSA) is 161 Å². The van der Waals surface area contributed by atoms with E-state index in [1.54, 1.807) is 12.7 Å². The molecule has 0 spiro atoms. The van der Waals surface area contributed by atoms with Gasteiger partial charge in [-0.05, 0) is 93.2 Å². The van der Waals surface area contributed by atoms with Crippen molar-refractivity contribution in [2.24, 2.45) is 17.8 Å². The van der Waals surface area contributed by atoms with Gasteiger partial charge in [-0.15, -0.1) is 0 Å². The lowest BCUT2D eigenvalue weighted by atomic mass is 9.86. The summed E-state index contributed by atoms with van der Waals surface area (Å²) in [5.74, 6) is 4.44. The molecule has 3 saturated carbocycles. The zero-order valence-electron chi connectivity index (χ0n) is 30.8. The molecule has 3 N–H and O–H groups in total. The summed E-state index contributed by atoms with van der Waals surface area (Å²) in [6, 6.07) is 14.8. The van der Waals surface area contributed by atoms with Crippen LogP contribution in [0.3, 0.4) is 0 Å². The largest absolute Gasteiger partial charge is 0.356 e. The molecule has 1 aromatic carbocycles. The molecule has 14 heteroatoms. The summed E-state index contributed by atoms with van der Waals surface area (Å²) in [7, 11) is -1.14. The predicted molar refractivity (Wildman–Crippen MR) is 213 cm³/mol. The van der Waals surface area contributed by atoms with Crippen LogP contribution in [0.1, 0.15) is 69.4 Å². The standard InChI is InChI=1S/C39H52N10O2S2/c1-47(37-33-16-18-42-36(33)43-25-44-37)31-12-10-29(11-13-31)23-53(41,51)24-30-20-35(30)49-19-17-34-38(45-26-46-39(34)49)48(2)32-14-8-28(9-15-32)22-52(40,50)21-27-6-4-3-5-7-27/h3-7,16-19,25-26,28-32,35,40-41H,8-15,20-24H2,1-2H3,(H,42,43,44)/t28-,29-,30?,31+,32+,35?,52-,53?/m0/s1. The maximum absolute atomic E-state index is 13.7. The molecule has 3 fully saturated rings. The molecule has 282 valence electrons. The second-order valence-electron chi connectivity index (χ2n) is 16.0. The van der Waals surface area contributed by atoms with Crippen molar-refractivity contribution in [2.75, 3.05) is 41.2 Å². The molecule has 3 aliphatic rings. The zero-order chi connectivity index (χ0) is 36.7. The molecule has 0 saturated heterocycles. The minimum absolute atomic E-state index is 0.209. The highest BCUT2D eigenvalue weighted by Crippen LogP contribution is 2.47. The van der Waals surface area contributed by atoms with E-state index in [-0.39, 0.29) is 12.0 Å². The minimum atomic E-state index is -2.70. The van der Waals surface area contributed by atoms with Crippen LogP contribution in [0, 0.1) is 27.3 Å². The second kappa shape index (κ2) is 14.7. The fourth-order valence-electron chi connectivity index (χ4n) is 9.22. The molecule has 4 heterocycles. The molecular weight excluding hydrogens is 705 g/mol. The van der Waals surface area contributed by atoms with Gasteiger partial charge in [0.2, 0.25) is 0 Å². The van der Waals surface area contributed by atoms with Crippen molar-refractivity contribution in [3.63, 3.8) is 0 Å². The van der Waals surface area contributed by atoms with Crippen molar-refractivity contribution in [1.82, 2.24) is 29.5 Å². The first kappa shape index (κ1) is 36.0. The van der Waals surface area contributed by atoms with Crippen LogP contribution in [-0.2, 0) is 25.2 Å². The number of benzene rings is 1. The number of H-pyrrole nitrogens is 1. The summed E-state index contributed by atoms with van der Waals surface area (Å²) in [6.07, 6.45) is 16.0. The maximum atomic E-state index is 13.7. The van der Waals surface area contributed by atoms with Gasteiger partial charge < -0.3 is 19.4 Å². The fraction of sp³-hybridized carbons (Fsp3) is 0.538. The monoisotopic (exact) mass is 756 g/mol. The Hall–Kier alpha value is -4.04. The molecule has 4 atom stereocenters. The normalized spacial score (nSPS) is 26.9. The van der Waals surface area contributed by atoms with Gasteiger partial charge in [0, 0.05) is 81.3 Å². The summed E-state index contributed by atoms with van der Waals surface area (Å²) in [5, 5.41) is 2.05. The van der Waals surface area contributed by atoms with E-state index in [1.807, 2.05) is 42.6 Å². The Morgan fingerprint density at radius 3 is 2.00 bits per heavy atom. The van der Waals surface area contributed by atoms with Gasteiger partial charge in [-0.1, -0.05) is 30.3 Å². The molecular formula is C39H52N10O2S2. The van der Waals surface area contributed by atoms with E-state index in [9.17, 15) is 8.42 Å². The molecule has 4 aromatic heterocycles. The number of hydrogen-bond acceptors (Lipinski definition) is 10. The summed E-state index contributed by atoms with van der Waals surface area (Å²) < 4.78 is 46.5. The third-order valence-corrected chi connectivity index (χ3v) is 16.0. The number of fused-ring (bicyclic) bond motifs is 2. The lowest BCUT2D eigenvalue weighted by Gasteiger charge is -2.35. The van der Waals surface area contributed by atoms with Crippen molar-refractivity contribution in [3.05, 3.63) is 73.1 Å². The molecule has 53 heavy (non-hydrogen) atoms. The molecule has 5 aromatic rings. The van der Waals surface area contributed by atoms with E-state index < -0.39 is 19.5 Å². The Balaban J connectivity index is 0.832. The highest BCUT2D eigenvalue weighted by atomic mass is 32.2. The summed E-state index contributed by atoms with van der Waals surface area (Å²) in [5.41, 5.74) is 2.72. The van der Waals surface area contributed by atoms with Crippen LogP contribution in [0.4, 0.5) is 11.6 Å². The number of aromatic amines is 1. The van der Waals surface area contributed by atoms with E-state index in [4.69, 9.17) is 19.5 Å². The van der Waals surface area contributed by atoms with Gasteiger partial charge in [0.25, 0.3) is 0 Å². The molecule has 3 unspecified atom stereocenters. The highest BCUT2D eigenvalue weighted by Gasteiger charge is 2.42. The zero-order valence-corrected chi connectivity index (χ0v) is 32.4. The lowest BCUT2D eigenvalue weighted by molar-refractivity contribution is 0.342. The Bertz CT molecular complexity index is 2260. The molecule has 0 bridgehead atoms. The van der Waals surface area contributed by atoms with E-state index in [1.165, 1.54) is 0 Å². The quantitative estimate of drug-likeness (QED) is 0.113. The molecule has 0 aliphatic heterocycles. The van der Waals surface area contributed by atoms with Gasteiger partial charge in [-0.25, -0.2) is 28.4 Å². The van der Waals surface area contributed by atoms with Gasteiger partial charge in [-0.3, -0.25) is 9.56 Å². The first-order valence-electron chi connectivity index (χ1n) is 19.1. The van der Waals surface area contributed by atoms with Gasteiger partial charge in [-0.2, -0.15) is 0 Å². The van der Waals surface area contributed by atoms with Crippen molar-refractivity contribution >= 4 is 53.2 Å². The first-order valence-corrected chi connectivity index (χ1v) is 22.9. The van der Waals surface area contributed by atoms with Gasteiger partial charge in [0.15, 0.2) is 0 Å².